The van der Waals surface area contributed by atoms with Gasteiger partial charge in [0.15, 0.2) is 0 Å². The van der Waals surface area contributed by atoms with Crippen LogP contribution in [0.3, 0.4) is 0 Å². The van der Waals surface area contributed by atoms with Gasteiger partial charge in [0.25, 0.3) is 16.1 Å². The van der Waals surface area contributed by atoms with Gasteiger partial charge in [0.1, 0.15) is 11.5 Å². The SMILES string of the molecule is CCN(CC)S(=O)(=O)N1CCN(C(=O)c2cn(-c3ccc(F)cc3)nc2-c2cccc(C)c2)CC1. The van der Waals surface area contributed by atoms with E-state index in [0.717, 1.165) is 11.1 Å². The first kappa shape index (κ1) is 25.0. The number of carbonyl (C=O) groups excluding carboxylic acids is 1. The number of carbonyl (C=O) groups is 1. The van der Waals surface area contributed by atoms with Crippen LogP contribution in [0.4, 0.5) is 4.39 Å². The van der Waals surface area contributed by atoms with Crippen molar-refractivity contribution in [2.24, 2.45) is 0 Å². The minimum Gasteiger partial charge on any atom is -0.336 e. The van der Waals surface area contributed by atoms with Gasteiger partial charge in [-0.25, -0.2) is 9.07 Å². The first-order valence-electron chi connectivity index (χ1n) is 11.7. The Morgan fingerprint density at radius 1 is 1.03 bits per heavy atom. The third kappa shape index (κ3) is 5.14. The molecule has 0 saturated carbocycles. The maximum atomic E-state index is 13.6. The Bertz CT molecular complexity index is 1290. The predicted molar refractivity (Wildman–Crippen MR) is 133 cm³/mol. The van der Waals surface area contributed by atoms with E-state index in [1.54, 1.807) is 27.9 Å². The van der Waals surface area contributed by atoms with E-state index in [1.807, 2.05) is 45.0 Å². The smallest absolute Gasteiger partial charge is 0.282 e. The van der Waals surface area contributed by atoms with Crippen LogP contribution in [0.25, 0.3) is 16.9 Å². The van der Waals surface area contributed by atoms with E-state index < -0.39 is 10.2 Å². The lowest BCUT2D eigenvalue weighted by Crippen LogP contribution is -2.54. The average Bonchev–Trinajstić information content (AvgIpc) is 3.30. The molecule has 1 fully saturated rings. The van der Waals surface area contributed by atoms with Gasteiger partial charge in [-0.2, -0.15) is 22.1 Å². The lowest BCUT2D eigenvalue weighted by Gasteiger charge is -2.36. The van der Waals surface area contributed by atoms with Crippen molar-refractivity contribution in [3.05, 3.63) is 71.7 Å². The minimum absolute atomic E-state index is 0.213. The standard InChI is InChI=1S/C25H30FN5O3S/c1-4-29(5-2)35(33,34)30-15-13-28(14-16-30)25(32)23-18-31(22-11-9-21(26)10-12-22)27-24(23)20-8-6-7-19(3)17-20/h6-12,17-18H,4-5,13-16H2,1-3H3. The third-order valence-electron chi connectivity index (χ3n) is 6.21. The van der Waals surface area contributed by atoms with E-state index in [1.165, 1.54) is 20.7 Å². The fourth-order valence-corrected chi connectivity index (χ4v) is 5.87. The van der Waals surface area contributed by atoms with Gasteiger partial charge >= 0.3 is 0 Å². The Kier molecular flexibility index (Phi) is 7.34. The number of aryl methyl sites for hydroxylation is 1. The number of nitrogens with zero attached hydrogens (tertiary/aromatic N) is 5. The van der Waals surface area contributed by atoms with Crippen LogP contribution < -0.4 is 0 Å². The van der Waals surface area contributed by atoms with E-state index in [-0.39, 0.29) is 37.9 Å². The van der Waals surface area contributed by atoms with E-state index in [9.17, 15) is 17.6 Å². The molecule has 35 heavy (non-hydrogen) atoms. The van der Waals surface area contributed by atoms with E-state index in [2.05, 4.69) is 5.10 Å². The molecule has 2 aromatic carbocycles. The number of piperazine rings is 1. The highest BCUT2D eigenvalue weighted by Crippen LogP contribution is 2.26. The molecule has 2 heterocycles. The Balaban J connectivity index is 1.62. The van der Waals surface area contributed by atoms with Crippen molar-refractivity contribution < 1.29 is 17.6 Å². The van der Waals surface area contributed by atoms with Gasteiger partial charge in [0, 0.05) is 51.0 Å². The molecule has 4 rings (SSSR count). The van der Waals surface area contributed by atoms with Gasteiger partial charge in [-0.15, -0.1) is 0 Å². The van der Waals surface area contributed by atoms with Crippen molar-refractivity contribution in [1.82, 2.24) is 23.3 Å². The lowest BCUT2D eigenvalue weighted by molar-refractivity contribution is 0.0695. The molecule has 186 valence electrons. The first-order chi connectivity index (χ1) is 16.7. The van der Waals surface area contributed by atoms with Crippen molar-refractivity contribution >= 4 is 16.1 Å². The zero-order valence-corrected chi connectivity index (χ0v) is 21.0. The summed E-state index contributed by atoms with van der Waals surface area (Å²) in [5, 5.41) is 4.67. The summed E-state index contributed by atoms with van der Waals surface area (Å²) in [6.45, 7) is 7.44. The lowest BCUT2D eigenvalue weighted by atomic mass is 10.0. The highest BCUT2D eigenvalue weighted by Gasteiger charge is 2.33. The quantitative estimate of drug-likeness (QED) is 0.500. The Hall–Kier alpha value is -3.08. The Morgan fingerprint density at radius 3 is 2.29 bits per heavy atom. The van der Waals surface area contributed by atoms with Crippen LogP contribution in [-0.4, -0.2) is 76.9 Å². The van der Waals surface area contributed by atoms with Crippen LogP contribution in [0.2, 0.25) is 0 Å². The van der Waals surface area contributed by atoms with Crippen LogP contribution >= 0.6 is 0 Å². The molecule has 0 radical (unpaired) electrons. The summed E-state index contributed by atoms with van der Waals surface area (Å²) in [5.41, 5.74) is 3.42. The molecular formula is C25H30FN5O3S. The van der Waals surface area contributed by atoms with Crippen molar-refractivity contribution in [2.75, 3.05) is 39.3 Å². The minimum atomic E-state index is -3.55. The molecule has 1 saturated heterocycles. The molecule has 0 unspecified atom stereocenters. The summed E-state index contributed by atoms with van der Waals surface area (Å²) in [4.78, 5) is 15.3. The Morgan fingerprint density at radius 2 is 1.69 bits per heavy atom. The summed E-state index contributed by atoms with van der Waals surface area (Å²) < 4.78 is 43.6. The van der Waals surface area contributed by atoms with Crippen LogP contribution in [-0.2, 0) is 10.2 Å². The summed E-state index contributed by atoms with van der Waals surface area (Å²) in [6.07, 6.45) is 1.66. The molecule has 0 aliphatic carbocycles. The van der Waals surface area contributed by atoms with Gasteiger partial charge < -0.3 is 4.90 Å². The number of rotatable bonds is 7. The van der Waals surface area contributed by atoms with E-state index in [0.29, 0.717) is 30.0 Å². The molecule has 0 spiro atoms. The van der Waals surface area contributed by atoms with Gasteiger partial charge in [-0.05, 0) is 37.3 Å². The predicted octanol–water partition coefficient (Wildman–Crippen LogP) is 3.33. The van der Waals surface area contributed by atoms with Gasteiger partial charge in [-0.3, -0.25) is 4.79 Å². The number of halogens is 1. The second-order valence-electron chi connectivity index (χ2n) is 8.47. The first-order valence-corrected chi connectivity index (χ1v) is 13.1. The van der Waals surface area contributed by atoms with Crippen LogP contribution in [0.15, 0.2) is 54.7 Å². The molecular weight excluding hydrogens is 469 g/mol. The molecule has 1 amide bonds. The third-order valence-corrected chi connectivity index (χ3v) is 8.40. The molecule has 0 bridgehead atoms. The zero-order valence-electron chi connectivity index (χ0n) is 20.2. The van der Waals surface area contributed by atoms with E-state index >= 15 is 0 Å². The van der Waals surface area contributed by atoms with Gasteiger partial charge in [0.05, 0.1) is 11.3 Å². The van der Waals surface area contributed by atoms with Crippen molar-refractivity contribution in [1.29, 1.82) is 0 Å². The number of aromatic nitrogens is 2. The molecule has 1 aromatic heterocycles. The summed E-state index contributed by atoms with van der Waals surface area (Å²) in [7, 11) is -3.55. The van der Waals surface area contributed by atoms with Crippen molar-refractivity contribution in [3.8, 4) is 16.9 Å². The van der Waals surface area contributed by atoms with Gasteiger partial charge in [0.2, 0.25) is 0 Å². The molecule has 10 heteroatoms. The maximum Gasteiger partial charge on any atom is 0.282 e. The fourth-order valence-electron chi connectivity index (χ4n) is 4.27. The average molecular weight is 500 g/mol. The van der Waals surface area contributed by atoms with E-state index in [4.69, 9.17) is 0 Å². The highest BCUT2D eigenvalue weighted by molar-refractivity contribution is 7.86. The van der Waals surface area contributed by atoms with Crippen LogP contribution in [0.5, 0.6) is 0 Å². The monoisotopic (exact) mass is 499 g/mol. The summed E-state index contributed by atoms with van der Waals surface area (Å²) in [5.74, 6) is -0.566. The normalized spacial score (nSPS) is 15.1. The summed E-state index contributed by atoms with van der Waals surface area (Å²) in [6, 6.07) is 13.6. The zero-order chi connectivity index (χ0) is 25.2. The number of benzene rings is 2. The maximum absolute atomic E-state index is 13.6. The van der Waals surface area contributed by atoms with Crippen molar-refractivity contribution in [2.45, 2.75) is 20.8 Å². The molecule has 1 aliphatic rings. The van der Waals surface area contributed by atoms with Crippen molar-refractivity contribution in [3.63, 3.8) is 0 Å². The number of amides is 1. The van der Waals surface area contributed by atoms with Crippen LogP contribution in [0, 0.1) is 12.7 Å². The second-order valence-corrected chi connectivity index (χ2v) is 10.4. The summed E-state index contributed by atoms with van der Waals surface area (Å²) >= 11 is 0. The van der Waals surface area contributed by atoms with Crippen LogP contribution in [0.1, 0.15) is 29.8 Å². The topological polar surface area (TPSA) is 78.8 Å². The second kappa shape index (κ2) is 10.3. The Labute approximate surface area is 205 Å². The molecule has 1 aliphatic heterocycles. The molecule has 8 nitrogen and oxygen atoms in total. The highest BCUT2D eigenvalue weighted by atomic mass is 32.2. The number of hydrogen-bond donors (Lipinski definition) is 0. The molecule has 0 N–H and O–H groups in total. The largest absolute Gasteiger partial charge is 0.336 e. The molecule has 0 atom stereocenters. The van der Waals surface area contributed by atoms with Gasteiger partial charge in [-0.1, -0.05) is 37.6 Å². The fraction of sp³-hybridized carbons (Fsp3) is 0.360. The number of hydrogen-bond acceptors (Lipinski definition) is 4. The molecule has 3 aromatic rings.